The Bertz CT molecular complexity index is 2090. The van der Waals surface area contributed by atoms with Gasteiger partial charge in [-0.05, 0) is 25.7 Å². The molecule has 0 rings (SSSR count). The first-order chi connectivity index (χ1) is 54.2. The molecule has 5 atom stereocenters. The lowest BCUT2D eigenvalue weighted by Gasteiger charge is -2.21. The molecule has 3 N–H and O–H groups in total. The molecule has 2 unspecified atom stereocenters. The van der Waals surface area contributed by atoms with Crippen molar-refractivity contribution in [3.05, 3.63) is 0 Å². The highest BCUT2D eigenvalue weighted by Crippen LogP contribution is 2.45. The van der Waals surface area contributed by atoms with Crippen LogP contribution in [-0.4, -0.2) is 96.7 Å². The van der Waals surface area contributed by atoms with E-state index < -0.39 is 97.5 Å². The summed E-state index contributed by atoms with van der Waals surface area (Å²) in [5.41, 5.74) is 0. The topological polar surface area (TPSA) is 237 Å². The molecule has 0 aliphatic carbocycles. The molecule has 0 saturated carbocycles. The van der Waals surface area contributed by atoms with Crippen LogP contribution in [0.15, 0.2) is 0 Å². The molecule has 111 heavy (non-hydrogen) atoms. The molecule has 17 nitrogen and oxygen atoms in total. The predicted octanol–water partition coefficient (Wildman–Crippen LogP) is 28.9. The van der Waals surface area contributed by atoms with E-state index in [1.165, 1.54) is 340 Å². The number of hydrogen-bond donors (Lipinski definition) is 3. The Morgan fingerprint density at radius 1 is 0.216 bits per heavy atom. The number of aliphatic hydroxyl groups is 1. The van der Waals surface area contributed by atoms with Crippen molar-refractivity contribution in [2.45, 2.75) is 528 Å². The van der Waals surface area contributed by atoms with Crippen LogP contribution in [0.1, 0.15) is 509 Å². The maximum absolute atomic E-state index is 13.2. The summed E-state index contributed by atoms with van der Waals surface area (Å²) in [6.45, 7) is 5.08. The molecule has 0 aliphatic heterocycles. The minimum atomic E-state index is -4.97. The summed E-state index contributed by atoms with van der Waals surface area (Å²) in [5.74, 6) is -2.09. The summed E-state index contributed by atoms with van der Waals surface area (Å²) in [7, 11) is -9.93. The van der Waals surface area contributed by atoms with Gasteiger partial charge in [-0.2, -0.15) is 0 Å². The van der Waals surface area contributed by atoms with Gasteiger partial charge in [-0.3, -0.25) is 37.3 Å². The number of rotatable bonds is 93. The van der Waals surface area contributed by atoms with Crippen LogP contribution >= 0.6 is 15.6 Å². The van der Waals surface area contributed by atoms with Crippen LogP contribution in [0.3, 0.4) is 0 Å². The number of hydrogen-bond acceptors (Lipinski definition) is 15. The third-order valence-electron chi connectivity index (χ3n) is 21.9. The van der Waals surface area contributed by atoms with Gasteiger partial charge < -0.3 is 33.8 Å². The fourth-order valence-corrected chi connectivity index (χ4v) is 16.2. The zero-order valence-electron chi connectivity index (χ0n) is 73.0. The van der Waals surface area contributed by atoms with Crippen LogP contribution in [0.2, 0.25) is 0 Å². The Balaban J connectivity index is 5.21. The van der Waals surface area contributed by atoms with Gasteiger partial charge in [0.15, 0.2) is 12.2 Å². The summed E-state index contributed by atoms with van der Waals surface area (Å²) in [4.78, 5) is 73.4. The predicted molar refractivity (Wildman–Crippen MR) is 460 cm³/mol. The Labute approximate surface area is 683 Å². The van der Waals surface area contributed by atoms with E-state index in [1.807, 2.05) is 0 Å². The van der Waals surface area contributed by atoms with E-state index in [4.69, 9.17) is 37.0 Å². The van der Waals surface area contributed by atoms with Gasteiger partial charge in [0.25, 0.3) is 0 Å². The molecule has 0 spiro atoms. The molecule has 0 aromatic heterocycles. The fourth-order valence-electron chi connectivity index (χ4n) is 14.6. The van der Waals surface area contributed by atoms with Gasteiger partial charge in [-0.15, -0.1) is 0 Å². The smallest absolute Gasteiger partial charge is 0.462 e. The van der Waals surface area contributed by atoms with Crippen LogP contribution in [-0.2, 0) is 65.4 Å². The average Bonchev–Trinajstić information content (AvgIpc) is 0.899. The van der Waals surface area contributed by atoms with Gasteiger partial charge in [0.1, 0.15) is 19.3 Å². The Hall–Kier alpha value is -1.94. The van der Waals surface area contributed by atoms with E-state index >= 15 is 0 Å². The molecular formula is C92H180O17P2. The summed E-state index contributed by atoms with van der Waals surface area (Å²) in [6, 6.07) is 0. The zero-order chi connectivity index (χ0) is 81.0. The molecule has 0 aromatic carbocycles. The van der Waals surface area contributed by atoms with Gasteiger partial charge in [-0.25, -0.2) is 9.13 Å². The largest absolute Gasteiger partial charge is 0.472 e. The minimum Gasteiger partial charge on any atom is -0.462 e. The van der Waals surface area contributed by atoms with Crippen molar-refractivity contribution < 1.29 is 80.2 Å². The minimum absolute atomic E-state index is 0.109. The van der Waals surface area contributed by atoms with Crippen molar-refractivity contribution in [2.24, 2.45) is 0 Å². The van der Waals surface area contributed by atoms with Gasteiger partial charge in [-0.1, -0.05) is 458 Å². The van der Waals surface area contributed by atoms with E-state index in [1.54, 1.807) is 0 Å². The first-order valence-corrected chi connectivity index (χ1v) is 50.8. The number of unbranched alkanes of at least 4 members (excludes halogenated alkanes) is 67. The van der Waals surface area contributed by atoms with E-state index in [2.05, 4.69) is 27.7 Å². The molecule has 0 amide bonds. The highest BCUT2D eigenvalue weighted by atomic mass is 31.2. The lowest BCUT2D eigenvalue weighted by molar-refractivity contribution is -0.161. The van der Waals surface area contributed by atoms with E-state index in [0.29, 0.717) is 25.7 Å². The quantitative estimate of drug-likeness (QED) is 0.0222. The van der Waals surface area contributed by atoms with Crippen LogP contribution in [0.5, 0.6) is 0 Å². The van der Waals surface area contributed by atoms with Crippen molar-refractivity contribution in [3.8, 4) is 0 Å². The number of phosphoric acid groups is 2. The van der Waals surface area contributed by atoms with Crippen LogP contribution in [0, 0.1) is 0 Å². The summed E-state index contributed by atoms with van der Waals surface area (Å²) in [5, 5.41) is 10.7. The van der Waals surface area contributed by atoms with E-state index in [0.717, 1.165) is 89.9 Å². The molecule has 0 fully saturated rings. The number of esters is 4. The third-order valence-corrected chi connectivity index (χ3v) is 23.8. The fraction of sp³-hybridized carbons (Fsp3) is 0.957. The highest BCUT2D eigenvalue weighted by molar-refractivity contribution is 7.47. The maximum atomic E-state index is 13.2. The highest BCUT2D eigenvalue weighted by Gasteiger charge is 2.31. The Morgan fingerprint density at radius 2 is 0.360 bits per heavy atom. The molecular weight excluding hydrogens is 1440 g/mol. The SMILES string of the molecule is CCCCCCCCCCCCCCCCCCCCCCCCC(=O)OC[C@H](COP(=O)(O)OC[C@@H](O)COP(=O)(O)OC[C@@H](COC(=O)CCCCCCCCCCCCC)OC(=O)CCCCCCCCCCCCCCCCCC)OC(=O)CCCCCCCCCCCCCCCCCCCCCCCC. The van der Waals surface area contributed by atoms with E-state index in [-0.39, 0.29) is 25.7 Å². The number of carbonyl (C=O) groups is 4. The third kappa shape index (κ3) is 85.8. The zero-order valence-corrected chi connectivity index (χ0v) is 74.7. The lowest BCUT2D eigenvalue weighted by Crippen LogP contribution is -2.30. The van der Waals surface area contributed by atoms with Crippen LogP contribution in [0.4, 0.5) is 0 Å². The van der Waals surface area contributed by atoms with E-state index in [9.17, 15) is 43.2 Å². The molecule has 0 radical (unpaired) electrons. The second kappa shape index (κ2) is 85.9. The van der Waals surface area contributed by atoms with Crippen LogP contribution in [0.25, 0.3) is 0 Å². The summed E-state index contributed by atoms with van der Waals surface area (Å²) in [6.07, 6.45) is 83.5. The van der Waals surface area contributed by atoms with Crippen LogP contribution < -0.4 is 0 Å². The molecule has 0 heterocycles. The molecule has 0 aliphatic rings. The van der Waals surface area contributed by atoms with Crippen molar-refractivity contribution >= 4 is 39.5 Å². The Kier molecular flexibility index (Phi) is 84.4. The van der Waals surface area contributed by atoms with Crippen molar-refractivity contribution in [3.63, 3.8) is 0 Å². The summed E-state index contributed by atoms with van der Waals surface area (Å²) < 4.78 is 69.1. The lowest BCUT2D eigenvalue weighted by atomic mass is 10.0. The number of aliphatic hydroxyl groups excluding tert-OH is 1. The standard InChI is InChI=1S/C92H180O17P2/c1-5-9-13-17-21-25-29-32-35-38-40-42-44-46-48-51-53-57-61-65-69-73-77-90(95)103-83-88(109-92(97)79-75-71-67-63-59-55-52-49-47-45-43-41-39-36-33-30-26-22-18-14-10-6-2)85-107-111(100,101)105-81-86(93)80-104-110(98,99)106-84-87(82-102-89(94)76-72-68-64-60-56-28-24-20-16-12-8-4)108-91(96)78-74-70-66-62-58-54-50-37-34-31-27-23-19-15-11-7-3/h86-88,93H,5-85H2,1-4H3,(H,98,99)(H,100,101)/t86-,87+,88+/m0/s1. The van der Waals surface area contributed by atoms with Crippen molar-refractivity contribution in [2.75, 3.05) is 39.6 Å². The van der Waals surface area contributed by atoms with Gasteiger partial charge in [0.05, 0.1) is 26.4 Å². The second-order valence-corrected chi connectivity index (χ2v) is 36.0. The Morgan fingerprint density at radius 3 is 0.532 bits per heavy atom. The molecule has 0 saturated heterocycles. The average molecular weight is 1620 g/mol. The number of phosphoric ester groups is 2. The van der Waals surface area contributed by atoms with Gasteiger partial charge in [0, 0.05) is 25.7 Å². The molecule has 0 aromatic rings. The normalized spacial score (nSPS) is 13.6. The summed E-state index contributed by atoms with van der Waals surface area (Å²) >= 11 is 0. The maximum Gasteiger partial charge on any atom is 0.472 e. The van der Waals surface area contributed by atoms with Crippen molar-refractivity contribution in [1.29, 1.82) is 0 Å². The monoisotopic (exact) mass is 1620 g/mol. The molecule has 19 heteroatoms. The molecule has 0 bridgehead atoms. The molecule has 660 valence electrons. The van der Waals surface area contributed by atoms with Crippen molar-refractivity contribution in [1.82, 2.24) is 0 Å². The number of ether oxygens (including phenoxy) is 4. The van der Waals surface area contributed by atoms with Gasteiger partial charge in [0.2, 0.25) is 0 Å². The van der Waals surface area contributed by atoms with Gasteiger partial charge >= 0.3 is 39.5 Å². The first kappa shape index (κ1) is 109. The second-order valence-electron chi connectivity index (χ2n) is 33.1. The number of carbonyl (C=O) groups excluding carboxylic acids is 4. The first-order valence-electron chi connectivity index (χ1n) is 47.8.